The Balaban J connectivity index is 1.82. The van der Waals surface area contributed by atoms with Gasteiger partial charge in [0, 0.05) is 24.6 Å². The molecule has 0 saturated carbocycles. The van der Waals surface area contributed by atoms with Crippen molar-refractivity contribution in [1.82, 2.24) is 15.4 Å². The first-order chi connectivity index (χ1) is 11.5. The highest BCUT2D eigenvalue weighted by molar-refractivity contribution is 5.76. The summed E-state index contributed by atoms with van der Waals surface area (Å²) in [6, 6.07) is 10.6. The van der Waals surface area contributed by atoms with E-state index in [1.807, 2.05) is 46.1 Å². The molecule has 0 aliphatic rings. The number of likely N-dealkylation sites (N-methyl/N-ethyl adjacent to an activating group) is 1. The average molecular weight is 329 g/mol. The molecular weight excluding hydrogens is 302 g/mol. The zero-order valence-electron chi connectivity index (χ0n) is 15.0. The number of amides is 1. The Morgan fingerprint density at radius 1 is 1.25 bits per heavy atom. The van der Waals surface area contributed by atoms with E-state index in [1.165, 1.54) is 5.56 Å². The van der Waals surface area contributed by atoms with Gasteiger partial charge in [-0.1, -0.05) is 35.5 Å². The van der Waals surface area contributed by atoms with Crippen LogP contribution in [0, 0.1) is 13.8 Å². The molecule has 2 aromatic rings. The molecule has 0 saturated heterocycles. The van der Waals surface area contributed by atoms with Crippen molar-refractivity contribution < 1.29 is 9.32 Å². The number of aromatic nitrogens is 1. The van der Waals surface area contributed by atoms with Gasteiger partial charge in [-0.15, -0.1) is 0 Å². The molecule has 0 bridgehead atoms. The molecule has 0 aliphatic heterocycles. The van der Waals surface area contributed by atoms with E-state index in [0.717, 1.165) is 23.4 Å². The average Bonchev–Trinajstić information content (AvgIpc) is 2.88. The number of carbonyl (C=O) groups excluding carboxylic acids is 1. The number of nitrogens with zero attached hydrogens (tertiary/aromatic N) is 2. The third-order valence-corrected chi connectivity index (χ3v) is 4.36. The molecule has 1 unspecified atom stereocenters. The van der Waals surface area contributed by atoms with Crippen molar-refractivity contribution in [2.75, 3.05) is 20.6 Å². The minimum Gasteiger partial charge on any atom is -0.361 e. The highest BCUT2D eigenvalue weighted by Gasteiger charge is 2.15. The number of nitrogens with one attached hydrogen (secondary N) is 1. The molecule has 0 aliphatic carbocycles. The van der Waals surface area contributed by atoms with Gasteiger partial charge in [-0.25, -0.2) is 0 Å². The van der Waals surface area contributed by atoms with Crippen molar-refractivity contribution in [3.8, 4) is 0 Å². The highest BCUT2D eigenvalue weighted by Crippen LogP contribution is 2.14. The lowest BCUT2D eigenvalue weighted by atomic mass is 10.0. The Labute approximate surface area is 144 Å². The second-order valence-corrected chi connectivity index (χ2v) is 6.41. The minimum absolute atomic E-state index is 0.0647. The van der Waals surface area contributed by atoms with Crippen LogP contribution >= 0.6 is 0 Å². The van der Waals surface area contributed by atoms with E-state index in [-0.39, 0.29) is 11.9 Å². The Morgan fingerprint density at radius 2 is 1.96 bits per heavy atom. The first-order valence-electron chi connectivity index (χ1n) is 8.36. The van der Waals surface area contributed by atoms with Crippen LogP contribution in [-0.2, 0) is 17.6 Å². The van der Waals surface area contributed by atoms with E-state index >= 15 is 0 Å². The summed E-state index contributed by atoms with van der Waals surface area (Å²) in [6.07, 6.45) is 2.03. The molecule has 1 aromatic carbocycles. The molecule has 1 heterocycles. The summed E-state index contributed by atoms with van der Waals surface area (Å²) >= 11 is 0. The fraction of sp³-hybridized carbons (Fsp3) is 0.474. The second kappa shape index (κ2) is 8.64. The van der Waals surface area contributed by atoms with Crippen LogP contribution < -0.4 is 5.32 Å². The molecule has 0 fully saturated rings. The summed E-state index contributed by atoms with van der Waals surface area (Å²) in [5.74, 6) is 0.866. The lowest BCUT2D eigenvalue weighted by Crippen LogP contribution is -2.41. The first kappa shape index (κ1) is 18.2. The molecule has 24 heavy (non-hydrogen) atoms. The third kappa shape index (κ3) is 5.20. The van der Waals surface area contributed by atoms with E-state index in [2.05, 4.69) is 27.5 Å². The molecule has 1 aromatic heterocycles. The lowest BCUT2D eigenvalue weighted by Gasteiger charge is -2.24. The van der Waals surface area contributed by atoms with E-state index in [1.54, 1.807) is 0 Å². The van der Waals surface area contributed by atoms with Crippen LogP contribution in [0.1, 0.15) is 29.0 Å². The fourth-order valence-corrected chi connectivity index (χ4v) is 2.74. The van der Waals surface area contributed by atoms with Crippen molar-refractivity contribution in [2.24, 2.45) is 0 Å². The topological polar surface area (TPSA) is 58.4 Å². The van der Waals surface area contributed by atoms with Crippen LogP contribution in [-0.4, -0.2) is 42.6 Å². The van der Waals surface area contributed by atoms with Gasteiger partial charge >= 0.3 is 0 Å². The minimum atomic E-state index is 0.0647. The largest absolute Gasteiger partial charge is 0.361 e. The van der Waals surface area contributed by atoms with Gasteiger partial charge in [0.15, 0.2) is 0 Å². The van der Waals surface area contributed by atoms with E-state index in [9.17, 15) is 4.79 Å². The molecule has 0 spiro atoms. The van der Waals surface area contributed by atoms with Crippen molar-refractivity contribution in [1.29, 1.82) is 0 Å². The summed E-state index contributed by atoms with van der Waals surface area (Å²) in [5, 5.41) is 6.98. The smallest absolute Gasteiger partial charge is 0.220 e. The quantitative estimate of drug-likeness (QED) is 0.808. The maximum Gasteiger partial charge on any atom is 0.220 e. The standard InChI is InChI=1S/C19H27N3O2/c1-14-18(15(2)24-21-14)10-11-19(23)20-13-17(22(3)4)12-16-8-6-5-7-9-16/h5-9,17H,10-13H2,1-4H3,(H,20,23). The zero-order valence-corrected chi connectivity index (χ0v) is 15.0. The maximum atomic E-state index is 12.2. The Kier molecular flexibility index (Phi) is 6.55. The highest BCUT2D eigenvalue weighted by atomic mass is 16.5. The van der Waals surface area contributed by atoms with Crippen molar-refractivity contribution >= 4 is 5.91 Å². The van der Waals surface area contributed by atoms with Crippen LogP contribution in [0.15, 0.2) is 34.9 Å². The summed E-state index contributed by atoms with van der Waals surface area (Å²) in [5.41, 5.74) is 3.19. The molecular formula is C19H27N3O2. The molecule has 1 atom stereocenters. The Morgan fingerprint density at radius 3 is 2.54 bits per heavy atom. The number of carbonyl (C=O) groups is 1. The molecule has 2 rings (SSSR count). The summed E-state index contributed by atoms with van der Waals surface area (Å²) in [6.45, 7) is 4.43. The first-order valence-corrected chi connectivity index (χ1v) is 8.36. The predicted molar refractivity (Wildman–Crippen MR) is 94.9 cm³/mol. The van der Waals surface area contributed by atoms with Crippen LogP contribution in [0.25, 0.3) is 0 Å². The molecule has 5 heteroatoms. The number of hydrogen-bond acceptors (Lipinski definition) is 4. The predicted octanol–water partition coefficient (Wildman–Crippen LogP) is 2.51. The van der Waals surface area contributed by atoms with Crippen LogP contribution in [0.4, 0.5) is 0 Å². The van der Waals surface area contributed by atoms with E-state index in [0.29, 0.717) is 19.4 Å². The monoisotopic (exact) mass is 329 g/mol. The fourth-order valence-electron chi connectivity index (χ4n) is 2.74. The van der Waals surface area contributed by atoms with Gasteiger partial charge in [-0.05, 0) is 46.3 Å². The number of aryl methyl sites for hydroxylation is 2. The van der Waals surface area contributed by atoms with Gasteiger partial charge in [0.05, 0.1) is 5.69 Å². The van der Waals surface area contributed by atoms with E-state index in [4.69, 9.17) is 4.52 Å². The van der Waals surface area contributed by atoms with Crippen LogP contribution in [0.2, 0.25) is 0 Å². The number of benzene rings is 1. The van der Waals surface area contributed by atoms with Gasteiger partial charge in [-0.2, -0.15) is 0 Å². The third-order valence-electron chi connectivity index (χ3n) is 4.36. The van der Waals surface area contributed by atoms with Gasteiger partial charge in [0.2, 0.25) is 5.91 Å². The number of rotatable bonds is 8. The summed E-state index contributed by atoms with van der Waals surface area (Å²) in [7, 11) is 4.09. The lowest BCUT2D eigenvalue weighted by molar-refractivity contribution is -0.121. The van der Waals surface area contributed by atoms with Crippen molar-refractivity contribution in [3.05, 3.63) is 52.9 Å². The molecule has 130 valence electrons. The Hall–Kier alpha value is -2.14. The molecule has 5 nitrogen and oxygen atoms in total. The molecule has 1 amide bonds. The number of hydrogen-bond donors (Lipinski definition) is 1. The van der Waals surface area contributed by atoms with Crippen LogP contribution in [0.5, 0.6) is 0 Å². The van der Waals surface area contributed by atoms with Crippen LogP contribution in [0.3, 0.4) is 0 Å². The Bertz CT molecular complexity index is 630. The summed E-state index contributed by atoms with van der Waals surface area (Å²) in [4.78, 5) is 14.3. The van der Waals surface area contributed by atoms with Gasteiger partial charge in [0.1, 0.15) is 5.76 Å². The molecule has 1 N–H and O–H groups in total. The SMILES string of the molecule is Cc1noc(C)c1CCC(=O)NCC(Cc1ccccc1)N(C)C. The van der Waals surface area contributed by atoms with Crippen molar-refractivity contribution in [2.45, 2.75) is 39.2 Å². The normalized spacial score (nSPS) is 12.4. The van der Waals surface area contributed by atoms with Crippen molar-refractivity contribution in [3.63, 3.8) is 0 Å². The van der Waals surface area contributed by atoms with E-state index < -0.39 is 0 Å². The van der Waals surface area contributed by atoms with Gasteiger partial charge in [-0.3, -0.25) is 4.79 Å². The zero-order chi connectivity index (χ0) is 17.5. The second-order valence-electron chi connectivity index (χ2n) is 6.41. The molecule has 0 radical (unpaired) electrons. The van der Waals surface area contributed by atoms with Gasteiger partial charge < -0.3 is 14.7 Å². The summed E-state index contributed by atoms with van der Waals surface area (Å²) < 4.78 is 5.14. The maximum absolute atomic E-state index is 12.2. The van der Waals surface area contributed by atoms with Gasteiger partial charge in [0.25, 0.3) is 0 Å².